The van der Waals surface area contributed by atoms with Crippen LogP contribution in [0.3, 0.4) is 0 Å². The lowest BCUT2D eigenvalue weighted by Crippen LogP contribution is -2.38. The molecular weight excluding hydrogens is 266 g/mol. The first-order chi connectivity index (χ1) is 10.2. The number of rotatable bonds is 6. The van der Waals surface area contributed by atoms with Crippen molar-refractivity contribution in [1.29, 1.82) is 0 Å². The van der Waals surface area contributed by atoms with Gasteiger partial charge in [-0.15, -0.1) is 0 Å². The summed E-state index contributed by atoms with van der Waals surface area (Å²) >= 11 is 0. The molecule has 0 radical (unpaired) electrons. The van der Waals surface area contributed by atoms with Gasteiger partial charge in [0.25, 0.3) is 0 Å². The average Bonchev–Trinajstić information content (AvgIpc) is 3.23. The van der Waals surface area contributed by atoms with Gasteiger partial charge in [0.05, 0.1) is 6.54 Å². The topological polar surface area (TPSA) is 58.4 Å². The molecule has 0 aromatic carbocycles. The fourth-order valence-electron chi connectivity index (χ4n) is 3.28. The molecule has 21 heavy (non-hydrogen) atoms. The molecule has 2 aliphatic rings. The summed E-state index contributed by atoms with van der Waals surface area (Å²) in [4.78, 5) is 14.5. The van der Waals surface area contributed by atoms with E-state index in [1.807, 2.05) is 6.92 Å². The van der Waals surface area contributed by atoms with Gasteiger partial charge in [-0.1, -0.05) is 24.4 Å². The van der Waals surface area contributed by atoms with E-state index in [1.54, 1.807) is 6.07 Å². The van der Waals surface area contributed by atoms with Crippen LogP contribution in [-0.4, -0.2) is 35.1 Å². The Morgan fingerprint density at radius 1 is 1.33 bits per heavy atom. The van der Waals surface area contributed by atoms with Crippen molar-refractivity contribution in [2.24, 2.45) is 5.92 Å². The maximum atomic E-state index is 12.2. The Hall–Kier alpha value is -1.36. The summed E-state index contributed by atoms with van der Waals surface area (Å²) in [5.74, 6) is 2.03. The van der Waals surface area contributed by atoms with E-state index in [4.69, 9.17) is 4.52 Å². The highest BCUT2D eigenvalue weighted by Gasteiger charge is 2.32. The maximum Gasteiger partial charge on any atom is 0.239 e. The lowest BCUT2D eigenvalue weighted by molar-refractivity contribution is -0.117. The van der Waals surface area contributed by atoms with E-state index in [-0.39, 0.29) is 5.91 Å². The molecular formula is C16H25N3O2. The number of aromatic nitrogens is 1. The van der Waals surface area contributed by atoms with Crippen molar-refractivity contribution in [3.05, 3.63) is 11.8 Å². The Morgan fingerprint density at radius 3 is 2.71 bits per heavy atom. The second kappa shape index (κ2) is 6.60. The van der Waals surface area contributed by atoms with Gasteiger partial charge in [0.15, 0.2) is 5.82 Å². The van der Waals surface area contributed by atoms with Gasteiger partial charge >= 0.3 is 0 Å². The number of carbonyl (C=O) groups is 1. The molecule has 1 heterocycles. The Balaban J connectivity index is 1.50. The summed E-state index contributed by atoms with van der Waals surface area (Å²) in [6.45, 7) is 3.38. The van der Waals surface area contributed by atoms with Crippen molar-refractivity contribution in [3.8, 4) is 0 Å². The number of carbonyl (C=O) groups excluding carboxylic acids is 1. The lowest BCUT2D eigenvalue weighted by Gasteiger charge is -2.29. The molecule has 1 amide bonds. The molecule has 2 saturated carbocycles. The van der Waals surface area contributed by atoms with E-state index in [1.165, 1.54) is 44.9 Å². The maximum absolute atomic E-state index is 12.2. The highest BCUT2D eigenvalue weighted by Crippen LogP contribution is 2.31. The number of nitrogens with one attached hydrogen (secondary N) is 1. The van der Waals surface area contributed by atoms with E-state index in [2.05, 4.69) is 15.4 Å². The molecule has 1 aromatic heterocycles. The summed E-state index contributed by atoms with van der Waals surface area (Å²) in [5.41, 5.74) is 0. The van der Waals surface area contributed by atoms with Gasteiger partial charge in [-0.25, -0.2) is 0 Å². The fraction of sp³-hybridized carbons (Fsp3) is 0.750. The van der Waals surface area contributed by atoms with Crippen LogP contribution in [0.4, 0.5) is 5.82 Å². The summed E-state index contributed by atoms with van der Waals surface area (Å²) in [6.07, 6.45) is 9.22. The Labute approximate surface area is 126 Å². The number of nitrogens with zero attached hydrogens (tertiary/aromatic N) is 2. The Bertz CT molecular complexity index is 476. The van der Waals surface area contributed by atoms with Crippen LogP contribution in [0.1, 0.15) is 50.7 Å². The molecule has 0 bridgehead atoms. The van der Waals surface area contributed by atoms with Gasteiger partial charge < -0.3 is 9.84 Å². The zero-order valence-corrected chi connectivity index (χ0v) is 12.8. The highest BCUT2D eigenvalue weighted by atomic mass is 16.5. The van der Waals surface area contributed by atoms with Gasteiger partial charge in [-0.3, -0.25) is 9.69 Å². The molecule has 2 fully saturated rings. The summed E-state index contributed by atoms with van der Waals surface area (Å²) in [7, 11) is 0. The van der Waals surface area contributed by atoms with Crippen LogP contribution in [0, 0.1) is 12.8 Å². The van der Waals surface area contributed by atoms with E-state index < -0.39 is 0 Å². The van der Waals surface area contributed by atoms with E-state index in [0.29, 0.717) is 24.2 Å². The molecule has 0 atom stereocenters. The van der Waals surface area contributed by atoms with E-state index in [9.17, 15) is 4.79 Å². The van der Waals surface area contributed by atoms with Crippen LogP contribution in [0.25, 0.3) is 0 Å². The zero-order chi connectivity index (χ0) is 14.7. The standard InChI is InChI=1S/C16H25N3O2/c1-12-9-15(18-21-12)17-16(20)11-19(14-7-8-14)10-13-5-3-2-4-6-13/h9,13-14H,2-8,10-11H2,1H3,(H,17,18,20). The van der Waals surface area contributed by atoms with Crippen molar-refractivity contribution in [1.82, 2.24) is 10.1 Å². The summed E-state index contributed by atoms with van der Waals surface area (Å²) < 4.78 is 4.97. The minimum atomic E-state index is 0.0195. The summed E-state index contributed by atoms with van der Waals surface area (Å²) in [6, 6.07) is 2.37. The van der Waals surface area contributed by atoms with Gasteiger partial charge in [0, 0.05) is 18.7 Å². The summed E-state index contributed by atoms with van der Waals surface area (Å²) in [5, 5.41) is 6.64. The molecule has 2 aliphatic carbocycles. The van der Waals surface area contributed by atoms with Crippen LogP contribution in [-0.2, 0) is 4.79 Å². The number of hydrogen-bond acceptors (Lipinski definition) is 4. The molecule has 116 valence electrons. The quantitative estimate of drug-likeness (QED) is 0.875. The predicted octanol–water partition coefficient (Wildman–Crippen LogP) is 2.97. The normalized spacial score (nSPS) is 19.9. The number of anilines is 1. The monoisotopic (exact) mass is 291 g/mol. The molecule has 1 aromatic rings. The minimum Gasteiger partial charge on any atom is -0.360 e. The van der Waals surface area contributed by atoms with Crippen molar-refractivity contribution in [3.63, 3.8) is 0 Å². The molecule has 0 unspecified atom stereocenters. The Morgan fingerprint density at radius 2 is 2.10 bits per heavy atom. The largest absolute Gasteiger partial charge is 0.360 e. The Kier molecular flexibility index (Phi) is 4.58. The first-order valence-corrected chi connectivity index (χ1v) is 8.18. The second-order valence-corrected chi connectivity index (χ2v) is 6.54. The molecule has 0 saturated heterocycles. The van der Waals surface area contributed by atoms with E-state index in [0.717, 1.165) is 12.5 Å². The number of hydrogen-bond donors (Lipinski definition) is 1. The van der Waals surface area contributed by atoms with Crippen LogP contribution in [0.5, 0.6) is 0 Å². The van der Waals surface area contributed by atoms with E-state index >= 15 is 0 Å². The molecule has 5 nitrogen and oxygen atoms in total. The fourth-order valence-corrected chi connectivity index (χ4v) is 3.28. The van der Waals surface area contributed by atoms with Gasteiger partial charge in [-0.05, 0) is 38.5 Å². The van der Waals surface area contributed by atoms with Crippen LogP contribution in [0.2, 0.25) is 0 Å². The minimum absolute atomic E-state index is 0.0195. The van der Waals surface area contributed by atoms with Gasteiger partial charge in [0.1, 0.15) is 5.76 Å². The van der Waals surface area contributed by atoms with Crippen LogP contribution < -0.4 is 5.32 Å². The molecule has 0 aliphatic heterocycles. The zero-order valence-electron chi connectivity index (χ0n) is 12.8. The van der Waals surface area contributed by atoms with Crippen molar-refractivity contribution < 1.29 is 9.32 Å². The average molecular weight is 291 g/mol. The smallest absolute Gasteiger partial charge is 0.239 e. The van der Waals surface area contributed by atoms with Crippen LogP contribution in [0.15, 0.2) is 10.6 Å². The second-order valence-electron chi connectivity index (χ2n) is 6.54. The van der Waals surface area contributed by atoms with Crippen molar-refractivity contribution in [2.75, 3.05) is 18.4 Å². The molecule has 3 rings (SSSR count). The van der Waals surface area contributed by atoms with Crippen LogP contribution >= 0.6 is 0 Å². The third-order valence-corrected chi connectivity index (χ3v) is 4.52. The first-order valence-electron chi connectivity index (χ1n) is 8.18. The van der Waals surface area contributed by atoms with Crippen molar-refractivity contribution in [2.45, 2.75) is 57.9 Å². The third kappa shape index (κ3) is 4.30. The van der Waals surface area contributed by atoms with Crippen molar-refractivity contribution >= 4 is 11.7 Å². The molecule has 1 N–H and O–H groups in total. The molecule has 0 spiro atoms. The highest BCUT2D eigenvalue weighted by molar-refractivity contribution is 5.91. The SMILES string of the molecule is Cc1cc(NC(=O)CN(CC2CCCCC2)C2CC2)no1. The first kappa shape index (κ1) is 14.6. The third-order valence-electron chi connectivity index (χ3n) is 4.52. The number of amides is 1. The molecule has 5 heteroatoms. The predicted molar refractivity (Wildman–Crippen MR) is 81.0 cm³/mol. The lowest BCUT2D eigenvalue weighted by atomic mass is 9.89. The van der Waals surface area contributed by atoms with Gasteiger partial charge in [-0.2, -0.15) is 0 Å². The van der Waals surface area contributed by atoms with Gasteiger partial charge in [0.2, 0.25) is 5.91 Å². The number of aryl methyl sites for hydroxylation is 1.